The molecule has 0 unspecified atom stereocenters. The van der Waals surface area contributed by atoms with Crippen LogP contribution in [-0.4, -0.2) is 72.0 Å². The maximum atomic E-state index is 12.6. The van der Waals surface area contributed by atoms with E-state index in [0.717, 1.165) is 51.9 Å². The van der Waals surface area contributed by atoms with Gasteiger partial charge in [-0.25, -0.2) is 0 Å². The van der Waals surface area contributed by atoms with Crippen LogP contribution in [0.3, 0.4) is 0 Å². The van der Waals surface area contributed by atoms with Crippen LogP contribution in [0.25, 0.3) is 0 Å². The van der Waals surface area contributed by atoms with Gasteiger partial charge in [-0.15, -0.1) is 0 Å². The van der Waals surface area contributed by atoms with Gasteiger partial charge in [0.1, 0.15) is 0 Å². The third-order valence-electron chi connectivity index (χ3n) is 6.33. The standard InChI is InChI=1S/C20H36N4O2/c1-15(19(25)21-17-7-5-3-4-6-8-17)23-11-13-24(14-12-23)16(2)20(26)22-18-9-10-18/h15-18H,3-14H2,1-2H3,(H,21,25)(H,22,26)/t15-,16-/m1/s1. The summed E-state index contributed by atoms with van der Waals surface area (Å²) in [6, 6.07) is 0.614. The monoisotopic (exact) mass is 364 g/mol. The van der Waals surface area contributed by atoms with E-state index in [1.54, 1.807) is 0 Å². The van der Waals surface area contributed by atoms with Crippen molar-refractivity contribution in [2.24, 2.45) is 0 Å². The van der Waals surface area contributed by atoms with E-state index in [1.807, 2.05) is 13.8 Å². The van der Waals surface area contributed by atoms with Crippen LogP contribution in [0.15, 0.2) is 0 Å². The molecule has 2 saturated carbocycles. The number of carbonyl (C=O) groups excluding carboxylic acids is 2. The van der Waals surface area contributed by atoms with Crippen LogP contribution in [0.4, 0.5) is 0 Å². The molecule has 2 N–H and O–H groups in total. The summed E-state index contributed by atoms with van der Waals surface area (Å²) < 4.78 is 0. The van der Waals surface area contributed by atoms with Gasteiger partial charge in [-0.1, -0.05) is 25.7 Å². The summed E-state index contributed by atoms with van der Waals surface area (Å²) in [6.45, 7) is 7.40. The van der Waals surface area contributed by atoms with E-state index in [2.05, 4.69) is 20.4 Å². The van der Waals surface area contributed by atoms with Gasteiger partial charge in [0.25, 0.3) is 0 Å². The van der Waals surface area contributed by atoms with E-state index < -0.39 is 0 Å². The number of rotatable bonds is 6. The highest BCUT2D eigenvalue weighted by Gasteiger charge is 2.32. The summed E-state index contributed by atoms with van der Waals surface area (Å²) >= 11 is 0. The molecule has 1 saturated heterocycles. The molecular formula is C20H36N4O2. The number of hydrogen-bond donors (Lipinski definition) is 2. The number of nitrogens with zero attached hydrogens (tertiary/aromatic N) is 2. The van der Waals surface area contributed by atoms with Gasteiger partial charge in [-0.3, -0.25) is 19.4 Å². The average Bonchev–Trinajstić information content (AvgIpc) is 3.48. The highest BCUT2D eigenvalue weighted by Crippen LogP contribution is 2.20. The molecule has 0 aromatic carbocycles. The third kappa shape index (κ3) is 5.43. The molecule has 148 valence electrons. The molecule has 3 aliphatic rings. The molecule has 1 aliphatic heterocycles. The van der Waals surface area contributed by atoms with Crippen LogP contribution in [0, 0.1) is 0 Å². The van der Waals surface area contributed by atoms with E-state index in [1.165, 1.54) is 25.7 Å². The lowest BCUT2D eigenvalue weighted by atomic mass is 10.1. The summed E-state index contributed by atoms with van der Waals surface area (Å²) in [5.74, 6) is 0.324. The van der Waals surface area contributed by atoms with E-state index in [0.29, 0.717) is 12.1 Å². The summed E-state index contributed by atoms with van der Waals surface area (Å²) in [5, 5.41) is 6.37. The van der Waals surface area contributed by atoms with Crippen molar-refractivity contribution < 1.29 is 9.59 Å². The molecule has 3 fully saturated rings. The van der Waals surface area contributed by atoms with Gasteiger partial charge in [0.05, 0.1) is 12.1 Å². The third-order valence-corrected chi connectivity index (χ3v) is 6.33. The van der Waals surface area contributed by atoms with E-state index >= 15 is 0 Å². The van der Waals surface area contributed by atoms with Crippen LogP contribution in [0.5, 0.6) is 0 Å². The second kappa shape index (κ2) is 9.18. The normalized spacial score (nSPS) is 25.9. The highest BCUT2D eigenvalue weighted by molar-refractivity contribution is 5.82. The van der Waals surface area contributed by atoms with Crippen LogP contribution >= 0.6 is 0 Å². The Kier molecular flexibility index (Phi) is 6.92. The minimum atomic E-state index is -0.0870. The van der Waals surface area contributed by atoms with Gasteiger partial charge < -0.3 is 10.6 Å². The highest BCUT2D eigenvalue weighted by atomic mass is 16.2. The number of carbonyl (C=O) groups is 2. The maximum Gasteiger partial charge on any atom is 0.237 e. The fraction of sp³-hybridized carbons (Fsp3) is 0.900. The van der Waals surface area contributed by atoms with Gasteiger partial charge in [0.2, 0.25) is 11.8 Å². The van der Waals surface area contributed by atoms with E-state index in [-0.39, 0.29) is 23.9 Å². The van der Waals surface area contributed by atoms with Crippen molar-refractivity contribution in [1.82, 2.24) is 20.4 Å². The predicted octanol–water partition coefficient (Wildman–Crippen LogP) is 1.50. The van der Waals surface area contributed by atoms with Crippen molar-refractivity contribution in [2.75, 3.05) is 26.2 Å². The summed E-state index contributed by atoms with van der Waals surface area (Å²) in [4.78, 5) is 29.4. The van der Waals surface area contributed by atoms with Crippen molar-refractivity contribution in [1.29, 1.82) is 0 Å². The number of nitrogens with one attached hydrogen (secondary N) is 2. The largest absolute Gasteiger partial charge is 0.352 e. The zero-order chi connectivity index (χ0) is 18.5. The topological polar surface area (TPSA) is 64.7 Å². The van der Waals surface area contributed by atoms with E-state index in [4.69, 9.17) is 0 Å². The van der Waals surface area contributed by atoms with Gasteiger partial charge in [-0.2, -0.15) is 0 Å². The van der Waals surface area contributed by atoms with Crippen LogP contribution < -0.4 is 10.6 Å². The summed E-state index contributed by atoms with van der Waals surface area (Å²) in [5.41, 5.74) is 0. The Morgan fingerprint density at radius 1 is 0.692 bits per heavy atom. The van der Waals surface area contributed by atoms with Gasteiger partial charge in [0.15, 0.2) is 0 Å². The van der Waals surface area contributed by atoms with Crippen LogP contribution in [-0.2, 0) is 9.59 Å². The Hall–Kier alpha value is -1.14. The molecule has 2 atom stereocenters. The fourth-order valence-electron chi connectivity index (χ4n) is 4.14. The molecule has 0 radical (unpaired) electrons. The summed E-state index contributed by atoms with van der Waals surface area (Å²) in [6.07, 6.45) is 9.57. The van der Waals surface area contributed by atoms with Gasteiger partial charge in [0, 0.05) is 38.3 Å². The van der Waals surface area contributed by atoms with Gasteiger partial charge in [-0.05, 0) is 39.5 Å². The summed E-state index contributed by atoms with van der Waals surface area (Å²) in [7, 11) is 0. The van der Waals surface area contributed by atoms with Crippen molar-refractivity contribution >= 4 is 11.8 Å². The second-order valence-corrected chi connectivity index (χ2v) is 8.40. The minimum Gasteiger partial charge on any atom is -0.352 e. The molecule has 6 heteroatoms. The Morgan fingerprint density at radius 2 is 1.08 bits per heavy atom. The molecule has 6 nitrogen and oxygen atoms in total. The number of hydrogen-bond acceptors (Lipinski definition) is 4. The minimum absolute atomic E-state index is 0.0760. The molecule has 0 aromatic rings. The molecule has 26 heavy (non-hydrogen) atoms. The zero-order valence-electron chi connectivity index (χ0n) is 16.5. The Balaban J connectivity index is 1.41. The molecule has 0 spiro atoms. The molecule has 1 heterocycles. The quantitative estimate of drug-likeness (QED) is 0.701. The first-order valence-electron chi connectivity index (χ1n) is 10.6. The van der Waals surface area contributed by atoms with Crippen LogP contribution in [0.1, 0.15) is 65.2 Å². The Morgan fingerprint density at radius 3 is 1.46 bits per heavy atom. The first-order valence-corrected chi connectivity index (χ1v) is 10.6. The molecule has 0 bridgehead atoms. The molecular weight excluding hydrogens is 328 g/mol. The first kappa shape index (κ1) is 19.6. The second-order valence-electron chi connectivity index (χ2n) is 8.40. The maximum absolute atomic E-state index is 12.6. The predicted molar refractivity (Wildman–Crippen MR) is 103 cm³/mol. The number of piperazine rings is 1. The van der Waals surface area contributed by atoms with Crippen molar-refractivity contribution in [3.63, 3.8) is 0 Å². The lowest BCUT2D eigenvalue weighted by Crippen LogP contribution is -2.58. The van der Waals surface area contributed by atoms with Crippen molar-refractivity contribution in [3.05, 3.63) is 0 Å². The Labute approximate surface area is 158 Å². The van der Waals surface area contributed by atoms with Gasteiger partial charge >= 0.3 is 0 Å². The zero-order valence-corrected chi connectivity index (χ0v) is 16.5. The van der Waals surface area contributed by atoms with Crippen LogP contribution in [0.2, 0.25) is 0 Å². The molecule has 2 amide bonds. The van der Waals surface area contributed by atoms with E-state index in [9.17, 15) is 9.59 Å². The van der Waals surface area contributed by atoms with Crippen molar-refractivity contribution in [2.45, 2.75) is 89.4 Å². The Bertz CT molecular complexity index is 478. The molecule has 2 aliphatic carbocycles. The lowest BCUT2D eigenvalue weighted by molar-refractivity contribution is -0.130. The average molecular weight is 365 g/mol. The number of amides is 2. The smallest absolute Gasteiger partial charge is 0.237 e. The lowest BCUT2D eigenvalue weighted by Gasteiger charge is -2.39. The molecule has 3 rings (SSSR count). The fourth-order valence-corrected chi connectivity index (χ4v) is 4.14. The van der Waals surface area contributed by atoms with Crippen molar-refractivity contribution in [3.8, 4) is 0 Å². The SMILES string of the molecule is C[C@H](C(=O)NC1CCCCCC1)N1CCN([C@H](C)C(=O)NC2CC2)CC1. The molecule has 0 aromatic heterocycles. The first-order chi connectivity index (χ1) is 12.5.